The summed E-state index contributed by atoms with van der Waals surface area (Å²) >= 11 is 0. The third-order valence-corrected chi connectivity index (χ3v) is 3.53. The standard InChI is InChI=1S/C17H23N5O2/c1-12-7-6-10-22(24-5)17(12)20-19-15-9-8-14(21(3)4)11-16(15)18-13(2)23/h6-11,17H,1-5H3,(H,18,23). The number of nitrogens with one attached hydrogen (secondary N) is 1. The molecular formula is C17H23N5O2. The lowest BCUT2D eigenvalue weighted by atomic mass is 10.2. The van der Waals surface area contributed by atoms with Crippen molar-refractivity contribution in [2.24, 2.45) is 10.2 Å². The second-order valence-electron chi connectivity index (χ2n) is 5.66. The highest BCUT2D eigenvalue weighted by Gasteiger charge is 2.19. The zero-order valence-electron chi connectivity index (χ0n) is 14.6. The molecule has 0 saturated heterocycles. The van der Waals surface area contributed by atoms with Gasteiger partial charge in [0, 0.05) is 32.9 Å². The first-order valence-corrected chi connectivity index (χ1v) is 7.59. The van der Waals surface area contributed by atoms with E-state index in [1.54, 1.807) is 18.4 Å². The van der Waals surface area contributed by atoms with Crippen molar-refractivity contribution >= 4 is 23.0 Å². The summed E-state index contributed by atoms with van der Waals surface area (Å²) in [7, 11) is 5.46. The second-order valence-corrected chi connectivity index (χ2v) is 5.66. The fraction of sp³-hybridized carbons (Fsp3) is 0.353. The van der Waals surface area contributed by atoms with Crippen LogP contribution in [-0.4, -0.2) is 38.3 Å². The Hall–Kier alpha value is -2.67. The van der Waals surface area contributed by atoms with E-state index in [9.17, 15) is 4.79 Å². The quantitative estimate of drug-likeness (QED) is 0.840. The number of allylic oxidation sites excluding steroid dienone is 2. The fourth-order valence-corrected chi connectivity index (χ4v) is 2.25. The van der Waals surface area contributed by atoms with Crippen molar-refractivity contribution in [3.05, 3.63) is 42.1 Å². The van der Waals surface area contributed by atoms with Crippen molar-refractivity contribution in [2.75, 3.05) is 31.4 Å². The topological polar surface area (TPSA) is 69.5 Å². The molecule has 0 aromatic heterocycles. The van der Waals surface area contributed by atoms with Gasteiger partial charge < -0.3 is 10.2 Å². The van der Waals surface area contributed by atoms with Crippen LogP contribution in [0.3, 0.4) is 0 Å². The Morgan fingerprint density at radius 2 is 2.12 bits per heavy atom. The van der Waals surface area contributed by atoms with E-state index in [0.717, 1.165) is 11.3 Å². The molecule has 1 aromatic rings. The molecule has 1 unspecified atom stereocenters. The van der Waals surface area contributed by atoms with E-state index in [1.807, 2.05) is 56.3 Å². The zero-order chi connectivity index (χ0) is 17.7. The van der Waals surface area contributed by atoms with Crippen molar-refractivity contribution in [1.82, 2.24) is 5.06 Å². The molecule has 128 valence electrons. The van der Waals surface area contributed by atoms with Gasteiger partial charge in [-0.05, 0) is 36.8 Å². The van der Waals surface area contributed by atoms with E-state index in [-0.39, 0.29) is 12.1 Å². The number of amides is 1. The van der Waals surface area contributed by atoms with Crippen molar-refractivity contribution in [2.45, 2.75) is 20.0 Å². The first kappa shape index (κ1) is 17.7. The average molecular weight is 329 g/mol. The van der Waals surface area contributed by atoms with Gasteiger partial charge in [0.15, 0.2) is 6.17 Å². The molecule has 0 saturated carbocycles. The van der Waals surface area contributed by atoms with E-state index in [1.165, 1.54) is 6.92 Å². The van der Waals surface area contributed by atoms with Gasteiger partial charge in [-0.15, -0.1) is 0 Å². The molecule has 0 bridgehead atoms. The van der Waals surface area contributed by atoms with Crippen LogP contribution in [0.25, 0.3) is 0 Å². The van der Waals surface area contributed by atoms with Crippen LogP contribution < -0.4 is 10.2 Å². The summed E-state index contributed by atoms with van der Waals surface area (Å²) in [5, 5.41) is 13.1. The minimum atomic E-state index is -0.335. The van der Waals surface area contributed by atoms with E-state index < -0.39 is 0 Å². The van der Waals surface area contributed by atoms with Gasteiger partial charge in [-0.25, -0.2) is 5.06 Å². The van der Waals surface area contributed by atoms with Crippen LogP contribution in [0.5, 0.6) is 0 Å². The van der Waals surface area contributed by atoms with Crippen LogP contribution in [0, 0.1) is 0 Å². The summed E-state index contributed by atoms with van der Waals surface area (Å²) in [6.45, 7) is 3.43. The number of carbonyl (C=O) groups excluding carboxylic acids is 1. The highest BCUT2D eigenvalue weighted by Crippen LogP contribution is 2.31. The van der Waals surface area contributed by atoms with Crippen LogP contribution in [0.15, 0.2) is 52.4 Å². The smallest absolute Gasteiger partial charge is 0.221 e. The number of anilines is 2. The molecule has 1 aromatic carbocycles. The Labute approximate surface area is 142 Å². The molecule has 0 radical (unpaired) electrons. The van der Waals surface area contributed by atoms with Crippen LogP contribution in [-0.2, 0) is 9.63 Å². The molecule has 7 nitrogen and oxygen atoms in total. The molecule has 1 heterocycles. The van der Waals surface area contributed by atoms with Gasteiger partial charge in [-0.2, -0.15) is 10.2 Å². The third-order valence-electron chi connectivity index (χ3n) is 3.53. The van der Waals surface area contributed by atoms with Crippen LogP contribution in [0.1, 0.15) is 13.8 Å². The highest BCUT2D eigenvalue weighted by atomic mass is 16.7. The molecule has 0 aliphatic carbocycles. The maximum atomic E-state index is 11.5. The number of hydroxylamine groups is 2. The van der Waals surface area contributed by atoms with E-state index >= 15 is 0 Å². The Morgan fingerprint density at radius 1 is 1.38 bits per heavy atom. The van der Waals surface area contributed by atoms with Gasteiger partial charge >= 0.3 is 0 Å². The summed E-state index contributed by atoms with van der Waals surface area (Å²) in [5.41, 5.74) is 3.19. The first-order valence-electron chi connectivity index (χ1n) is 7.59. The monoisotopic (exact) mass is 329 g/mol. The van der Waals surface area contributed by atoms with Gasteiger partial charge in [0.25, 0.3) is 0 Å². The Morgan fingerprint density at radius 3 is 2.75 bits per heavy atom. The molecule has 0 spiro atoms. The van der Waals surface area contributed by atoms with Crippen molar-refractivity contribution in [3.8, 4) is 0 Å². The molecule has 7 heteroatoms. The van der Waals surface area contributed by atoms with Crippen molar-refractivity contribution < 1.29 is 9.63 Å². The molecule has 1 aliphatic heterocycles. The molecule has 1 aliphatic rings. The van der Waals surface area contributed by atoms with Crippen molar-refractivity contribution in [1.29, 1.82) is 0 Å². The Bertz CT molecular complexity index is 694. The number of nitrogens with zero attached hydrogens (tertiary/aromatic N) is 4. The molecule has 2 rings (SSSR count). The Kier molecular flexibility index (Phi) is 5.70. The predicted molar refractivity (Wildman–Crippen MR) is 95.1 cm³/mol. The molecule has 1 N–H and O–H groups in total. The summed E-state index contributed by atoms with van der Waals surface area (Å²) in [6, 6.07) is 5.63. The lowest BCUT2D eigenvalue weighted by Gasteiger charge is -2.26. The van der Waals surface area contributed by atoms with Gasteiger partial charge in [0.2, 0.25) is 5.91 Å². The van der Waals surface area contributed by atoms with Crippen LogP contribution >= 0.6 is 0 Å². The summed E-state index contributed by atoms with van der Waals surface area (Å²) < 4.78 is 0. The maximum absolute atomic E-state index is 11.5. The van der Waals surface area contributed by atoms with Crippen LogP contribution in [0.4, 0.5) is 17.1 Å². The van der Waals surface area contributed by atoms with E-state index in [2.05, 4.69) is 15.5 Å². The van der Waals surface area contributed by atoms with E-state index in [4.69, 9.17) is 4.84 Å². The minimum Gasteiger partial charge on any atom is -0.378 e. The fourth-order valence-electron chi connectivity index (χ4n) is 2.25. The minimum absolute atomic E-state index is 0.155. The zero-order valence-corrected chi connectivity index (χ0v) is 14.6. The number of benzene rings is 1. The second kappa shape index (κ2) is 7.74. The number of hydrogen-bond acceptors (Lipinski definition) is 6. The summed E-state index contributed by atoms with van der Waals surface area (Å²) in [5.74, 6) is -0.155. The summed E-state index contributed by atoms with van der Waals surface area (Å²) in [6.07, 6.45) is 5.31. The van der Waals surface area contributed by atoms with Crippen molar-refractivity contribution in [3.63, 3.8) is 0 Å². The molecule has 1 atom stereocenters. The maximum Gasteiger partial charge on any atom is 0.221 e. The number of rotatable bonds is 5. The first-order chi connectivity index (χ1) is 11.4. The van der Waals surface area contributed by atoms with E-state index in [0.29, 0.717) is 11.4 Å². The van der Waals surface area contributed by atoms with Gasteiger partial charge in [0.05, 0.1) is 12.8 Å². The predicted octanol–water partition coefficient (Wildman–Crippen LogP) is 3.46. The molecule has 24 heavy (non-hydrogen) atoms. The average Bonchev–Trinajstić information content (AvgIpc) is 2.53. The molecular weight excluding hydrogens is 306 g/mol. The highest BCUT2D eigenvalue weighted by molar-refractivity contribution is 5.92. The van der Waals surface area contributed by atoms with Gasteiger partial charge in [-0.1, -0.05) is 6.08 Å². The molecule has 1 amide bonds. The van der Waals surface area contributed by atoms with Gasteiger partial charge in [0.1, 0.15) is 5.69 Å². The third kappa shape index (κ3) is 4.20. The number of hydrogen-bond donors (Lipinski definition) is 1. The summed E-state index contributed by atoms with van der Waals surface area (Å²) in [4.78, 5) is 18.7. The SMILES string of the molecule is CON1C=CC=C(C)C1N=Nc1ccc(N(C)C)cc1NC(C)=O. The molecule has 0 fully saturated rings. The normalized spacial score (nSPS) is 17.1. The Balaban J connectivity index is 2.32. The van der Waals surface area contributed by atoms with Crippen LogP contribution in [0.2, 0.25) is 0 Å². The lowest BCUT2D eigenvalue weighted by Crippen LogP contribution is -2.30. The lowest BCUT2D eigenvalue weighted by molar-refractivity contribution is -0.114. The van der Waals surface area contributed by atoms with Gasteiger partial charge in [-0.3, -0.25) is 9.63 Å². The largest absolute Gasteiger partial charge is 0.378 e. The number of carbonyl (C=O) groups is 1. The number of azo groups is 1.